The number of imidazole rings is 1. The molecule has 4 heteroatoms. The van der Waals surface area contributed by atoms with Gasteiger partial charge in [0.1, 0.15) is 0 Å². The number of nitrogens with zero attached hydrogens (tertiary/aromatic N) is 1. The Bertz CT molecular complexity index is 786. The minimum Gasteiger partial charge on any atom is -0.305 e. The van der Waals surface area contributed by atoms with Crippen LogP contribution in [0.2, 0.25) is 0 Å². The average molecular weight is 303 g/mol. The molecule has 3 rings (SSSR count). The molecule has 2 aromatic carbocycles. The van der Waals surface area contributed by atoms with Crippen LogP contribution in [0.3, 0.4) is 0 Å². The molecule has 0 amide bonds. The minimum atomic E-state index is -0.119. The van der Waals surface area contributed by atoms with Gasteiger partial charge in [-0.1, -0.05) is 24.3 Å². The second-order valence-electron chi connectivity index (χ2n) is 4.19. The highest BCUT2D eigenvalue weighted by Gasteiger charge is 2.12. The van der Waals surface area contributed by atoms with E-state index >= 15 is 0 Å². The first kappa shape index (κ1) is 11.3. The molecule has 0 saturated carbocycles. The molecule has 90 valence electrons. The Morgan fingerprint density at radius 3 is 2.67 bits per heavy atom. The Kier molecular flexibility index (Phi) is 2.59. The molecule has 3 nitrogen and oxygen atoms in total. The van der Waals surface area contributed by atoms with E-state index in [9.17, 15) is 4.79 Å². The number of para-hydroxylation sites is 2. The Morgan fingerprint density at radius 1 is 1.11 bits per heavy atom. The molecule has 0 atom stereocenters. The molecule has 0 fully saturated rings. The van der Waals surface area contributed by atoms with Gasteiger partial charge in [0.25, 0.3) is 0 Å². The van der Waals surface area contributed by atoms with Gasteiger partial charge in [0, 0.05) is 4.47 Å². The van der Waals surface area contributed by atoms with Crippen molar-refractivity contribution in [3.8, 4) is 5.69 Å². The van der Waals surface area contributed by atoms with E-state index in [1.54, 1.807) is 4.57 Å². The number of aromatic nitrogens is 2. The van der Waals surface area contributed by atoms with Crippen molar-refractivity contribution in [1.29, 1.82) is 0 Å². The van der Waals surface area contributed by atoms with E-state index in [0.29, 0.717) is 0 Å². The highest BCUT2D eigenvalue weighted by Crippen LogP contribution is 2.25. The summed E-state index contributed by atoms with van der Waals surface area (Å²) in [4.78, 5) is 15.0. The van der Waals surface area contributed by atoms with E-state index in [-0.39, 0.29) is 5.69 Å². The van der Waals surface area contributed by atoms with Crippen LogP contribution in [0.15, 0.2) is 51.7 Å². The van der Waals surface area contributed by atoms with E-state index in [2.05, 4.69) is 20.9 Å². The normalized spacial score (nSPS) is 11.0. The number of aromatic amines is 1. The monoisotopic (exact) mass is 302 g/mol. The number of hydrogen-bond acceptors (Lipinski definition) is 1. The summed E-state index contributed by atoms with van der Waals surface area (Å²) in [6.07, 6.45) is 0. The smallest absolute Gasteiger partial charge is 0.305 e. The summed E-state index contributed by atoms with van der Waals surface area (Å²) < 4.78 is 2.61. The van der Waals surface area contributed by atoms with Crippen molar-refractivity contribution in [2.24, 2.45) is 0 Å². The SMILES string of the molecule is Cc1ccccc1-n1c(=O)[nH]c2cccc(Br)c21. The molecule has 0 aliphatic carbocycles. The topological polar surface area (TPSA) is 37.8 Å². The number of benzene rings is 2. The van der Waals surface area contributed by atoms with Gasteiger partial charge in [0.15, 0.2) is 0 Å². The molecule has 1 aromatic heterocycles. The number of hydrogen-bond donors (Lipinski definition) is 1. The van der Waals surface area contributed by atoms with Crippen LogP contribution in [0.5, 0.6) is 0 Å². The van der Waals surface area contributed by atoms with Crippen LogP contribution in [-0.4, -0.2) is 9.55 Å². The number of H-pyrrole nitrogens is 1. The summed E-state index contributed by atoms with van der Waals surface area (Å²) >= 11 is 3.50. The zero-order chi connectivity index (χ0) is 12.7. The molecule has 0 unspecified atom stereocenters. The summed E-state index contributed by atoms with van der Waals surface area (Å²) in [5.41, 5.74) is 3.55. The van der Waals surface area contributed by atoms with Gasteiger partial charge in [-0.05, 0) is 46.6 Å². The summed E-state index contributed by atoms with van der Waals surface area (Å²) in [5, 5.41) is 0. The molecule has 0 saturated heterocycles. The molecular formula is C14H11BrN2O. The van der Waals surface area contributed by atoms with Crippen molar-refractivity contribution in [2.45, 2.75) is 6.92 Å². The Balaban J connectivity index is 2.47. The number of halogens is 1. The number of nitrogens with one attached hydrogen (secondary N) is 1. The fourth-order valence-electron chi connectivity index (χ4n) is 2.16. The summed E-state index contributed by atoms with van der Waals surface area (Å²) in [6, 6.07) is 13.6. The van der Waals surface area contributed by atoms with Gasteiger partial charge in [-0.15, -0.1) is 0 Å². The fraction of sp³-hybridized carbons (Fsp3) is 0.0714. The average Bonchev–Trinajstić information content (AvgIpc) is 2.68. The van der Waals surface area contributed by atoms with Gasteiger partial charge in [-0.3, -0.25) is 4.57 Å². The molecule has 0 spiro atoms. The van der Waals surface area contributed by atoms with E-state index in [1.165, 1.54) is 0 Å². The second kappa shape index (κ2) is 4.14. The first-order valence-corrected chi connectivity index (χ1v) is 6.43. The van der Waals surface area contributed by atoms with Crippen molar-refractivity contribution >= 4 is 27.0 Å². The van der Waals surface area contributed by atoms with Crippen LogP contribution < -0.4 is 5.69 Å². The molecule has 0 bridgehead atoms. The van der Waals surface area contributed by atoms with E-state index in [0.717, 1.165) is 26.8 Å². The molecule has 0 aliphatic heterocycles. The van der Waals surface area contributed by atoms with Gasteiger partial charge in [-0.2, -0.15) is 0 Å². The summed E-state index contributed by atoms with van der Waals surface area (Å²) in [7, 11) is 0. The van der Waals surface area contributed by atoms with E-state index in [1.807, 2.05) is 49.4 Å². The van der Waals surface area contributed by atoms with Crippen molar-refractivity contribution in [1.82, 2.24) is 9.55 Å². The molecule has 0 radical (unpaired) electrons. The molecular weight excluding hydrogens is 292 g/mol. The predicted octanol–water partition coefficient (Wildman–Crippen LogP) is 3.39. The van der Waals surface area contributed by atoms with Crippen LogP contribution in [0.1, 0.15) is 5.56 Å². The molecule has 3 aromatic rings. The zero-order valence-electron chi connectivity index (χ0n) is 9.77. The maximum absolute atomic E-state index is 12.1. The molecule has 18 heavy (non-hydrogen) atoms. The first-order valence-electron chi connectivity index (χ1n) is 5.64. The third-order valence-electron chi connectivity index (χ3n) is 3.01. The van der Waals surface area contributed by atoms with Crippen LogP contribution >= 0.6 is 15.9 Å². The Labute approximate surface area is 112 Å². The Hall–Kier alpha value is -1.81. The predicted molar refractivity (Wildman–Crippen MR) is 76.3 cm³/mol. The highest BCUT2D eigenvalue weighted by molar-refractivity contribution is 9.10. The number of fused-ring (bicyclic) bond motifs is 1. The third-order valence-corrected chi connectivity index (χ3v) is 3.65. The first-order chi connectivity index (χ1) is 8.68. The van der Waals surface area contributed by atoms with Crippen molar-refractivity contribution in [2.75, 3.05) is 0 Å². The zero-order valence-corrected chi connectivity index (χ0v) is 11.4. The lowest BCUT2D eigenvalue weighted by molar-refractivity contribution is 1.00. The second-order valence-corrected chi connectivity index (χ2v) is 5.04. The fourth-order valence-corrected chi connectivity index (χ4v) is 2.70. The highest BCUT2D eigenvalue weighted by atomic mass is 79.9. The summed E-state index contributed by atoms with van der Waals surface area (Å²) in [5.74, 6) is 0. The maximum Gasteiger partial charge on any atom is 0.331 e. The van der Waals surface area contributed by atoms with E-state index in [4.69, 9.17) is 0 Å². The maximum atomic E-state index is 12.1. The van der Waals surface area contributed by atoms with Gasteiger partial charge in [-0.25, -0.2) is 4.79 Å². The van der Waals surface area contributed by atoms with E-state index < -0.39 is 0 Å². The molecule has 1 heterocycles. The minimum absolute atomic E-state index is 0.119. The quantitative estimate of drug-likeness (QED) is 0.735. The largest absolute Gasteiger partial charge is 0.331 e. The molecule has 1 N–H and O–H groups in total. The lowest BCUT2D eigenvalue weighted by atomic mass is 10.2. The van der Waals surface area contributed by atoms with Gasteiger partial charge in [0.05, 0.1) is 16.7 Å². The van der Waals surface area contributed by atoms with Crippen molar-refractivity contribution in [3.05, 3.63) is 63.0 Å². The van der Waals surface area contributed by atoms with Gasteiger partial charge in [0.2, 0.25) is 0 Å². The van der Waals surface area contributed by atoms with Gasteiger partial charge < -0.3 is 4.98 Å². The summed E-state index contributed by atoms with van der Waals surface area (Å²) in [6.45, 7) is 2.00. The standard InChI is InChI=1S/C14H11BrN2O/c1-9-5-2-3-8-12(9)17-13-10(15)6-4-7-11(13)16-14(17)18/h2-8H,1H3,(H,16,18). The lowest BCUT2D eigenvalue weighted by Gasteiger charge is -2.07. The van der Waals surface area contributed by atoms with Crippen LogP contribution in [0.4, 0.5) is 0 Å². The Morgan fingerprint density at radius 2 is 1.89 bits per heavy atom. The molecule has 0 aliphatic rings. The van der Waals surface area contributed by atoms with Crippen LogP contribution in [0, 0.1) is 6.92 Å². The third kappa shape index (κ3) is 1.61. The van der Waals surface area contributed by atoms with Crippen molar-refractivity contribution in [3.63, 3.8) is 0 Å². The van der Waals surface area contributed by atoms with Crippen molar-refractivity contribution < 1.29 is 0 Å². The number of rotatable bonds is 1. The van der Waals surface area contributed by atoms with Crippen LogP contribution in [0.25, 0.3) is 16.7 Å². The lowest BCUT2D eigenvalue weighted by Crippen LogP contribution is -2.15. The number of aryl methyl sites for hydroxylation is 1. The van der Waals surface area contributed by atoms with Crippen LogP contribution in [-0.2, 0) is 0 Å². The van der Waals surface area contributed by atoms with Gasteiger partial charge >= 0.3 is 5.69 Å².